The van der Waals surface area contributed by atoms with Gasteiger partial charge in [0.1, 0.15) is 0 Å². The largest absolute Gasteiger partial charge is 0.392 e. The zero-order valence-electron chi connectivity index (χ0n) is 13.0. The molecule has 0 aromatic heterocycles. The molecule has 0 fully saturated rings. The Kier molecular flexibility index (Phi) is 4.88. The molecule has 1 atom stereocenters. The van der Waals surface area contributed by atoms with Crippen molar-refractivity contribution in [1.82, 2.24) is 5.32 Å². The first-order chi connectivity index (χ1) is 11.1. The Hall–Kier alpha value is -1.98. The predicted molar refractivity (Wildman–Crippen MR) is 93.3 cm³/mol. The molecule has 1 aliphatic rings. The number of nitrogens with one attached hydrogen (secondary N) is 1. The molecule has 5 heteroatoms. The Balaban J connectivity index is 1.77. The minimum atomic E-state index is -0.521. The SMILES string of the molecule is CC(O)CNC(=O)CCN1c2ccccc2Sc2ccccc21. The molecule has 0 radical (unpaired) electrons. The van der Waals surface area contributed by atoms with Crippen molar-refractivity contribution in [1.29, 1.82) is 0 Å². The van der Waals surface area contributed by atoms with Crippen LogP contribution >= 0.6 is 11.8 Å². The molecule has 1 aliphatic heterocycles. The second-order valence-electron chi connectivity index (χ2n) is 5.59. The number of carbonyl (C=O) groups is 1. The van der Waals surface area contributed by atoms with E-state index in [1.54, 1.807) is 18.7 Å². The van der Waals surface area contributed by atoms with Crippen molar-refractivity contribution in [2.75, 3.05) is 18.0 Å². The van der Waals surface area contributed by atoms with Gasteiger partial charge in [-0.25, -0.2) is 0 Å². The van der Waals surface area contributed by atoms with Gasteiger partial charge in [-0.15, -0.1) is 0 Å². The number of carbonyl (C=O) groups excluding carboxylic acids is 1. The van der Waals surface area contributed by atoms with Gasteiger partial charge in [-0.1, -0.05) is 36.0 Å². The second-order valence-corrected chi connectivity index (χ2v) is 6.68. The summed E-state index contributed by atoms with van der Waals surface area (Å²) >= 11 is 1.76. The van der Waals surface area contributed by atoms with Gasteiger partial charge in [0, 0.05) is 29.3 Å². The first kappa shape index (κ1) is 15.9. The first-order valence-electron chi connectivity index (χ1n) is 7.73. The van der Waals surface area contributed by atoms with Crippen molar-refractivity contribution in [2.45, 2.75) is 29.2 Å². The number of aliphatic hydroxyl groups is 1. The average Bonchev–Trinajstić information content (AvgIpc) is 2.56. The summed E-state index contributed by atoms with van der Waals surface area (Å²) in [5, 5.41) is 12.0. The first-order valence-corrected chi connectivity index (χ1v) is 8.55. The smallest absolute Gasteiger partial charge is 0.221 e. The standard InChI is InChI=1S/C18H20N2O2S/c1-13(21)12-19-18(22)10-11-20-14-6-2-4-8-16(14)23-17-9-5-3-7-15(17)20/h2-9,13,21H,10-12H2,1H3,(H,19,22). The van der Waals surface area contributed by atoms with E-state index in [2.05, 4.69) is 34.5 Å². The summed E-state index contributed by atoms with van der Waals surface area (Å²) in [6, 6.07) is 16.5. The Morgan fingerprint density at radius 2 is 1.70 bits per heavy atom. The van der Waals surface area contributed by atoms with Gasteiger partial charge in [-0.05, 0) is 31.2 Å². The molecule has 3 rings (SSSR count). The number of amides is 1. The summed E-state index contributed by atoms with van der Waals surface area (Å²) in [4.78, 5) is 16.6. The fourth-order valence-electron chi connectivity index (χ4n) is 2.59. The number of para-hydroxylation sites is 2. The van der Waals surface area contributed by atoms with Gasteiger partial charge < -0.3 is 15.3 Å². The van der Waals surface area contributed by atoms with Crippen molar-refractivity contribution in [3.05, 3.63) is 48.5 Å². The van der Waals surface area contributed by atoms with Gasteiger partial charge in [0.2, 0.25) is 5.91 Å². The molecular formula is C18H20N2O2S. The summed E-state index contributed by atoms with van der Waals surface area (Å²) in [5.41, 5.74) is 2.28. The molecule has 1 unspecified atom stereocenters. The lowest BCUT2D eigenvalue weighted by atomic mass is 10.2. The molecular weight excluding hydrogens is 308 g/mol. The summed E-state index contributed by atoms with van der Waals surface area (Å²) in [6.07, 6.45) is -0.133. The molecule has 2 aromatic rings. The van der Waals surface area contributed by atoms with Crippen molar-refractivity contribution >= 4 is 29.0 Å². The Labute approximate surface area is 140 Å². The minimum absolute atomic E-state index is 0.0425. The highest BCUT2D eigenvalue weighted by Crippen LogP contribution is 2.47. The molecule has 0 spiro atoms. The van der Waals surface area contributed by atoms with E-state index in [0.29, 0.717) is 19.5 Å². The molecule has 2 N–H and O–H groups in total. The molecule has 0 saturated heterocycles. The van der Waals surface area contributed by atoms with Gasteiger partial charge in [0.05, 0.1) is 17.5 Å². The number of anilines is 2. The van der Waals surface area contributed by atoms with Gasteiger partial charge in [0.15, 0.2) is 0 Å². The van der Waals surface area contributed by atoms with Crippen molar-refractivity contribution in [3.8, 4) is 0 Å². The number of nitrogens with zero attached hydrogens (tertiary/aromatic N) is 1. The van der Waals surface area contributed by atoms with Gasteiger partial charge >= 0.3 is 0 Å². The summed E-state index contributed by atoms with van der Waals surface area (Å²) in [6.45, 7) is 2.57. The van der Waals surface area contributed by atoms with Crippen molar-refractivity contribution in [3.63, 3.8) is 0 Å². The normalized spacial score (nSPS) is 13.9. The highest BCUT2D eigenvalue weighted by atomic mass is 32.2. The molecule has 120 valence electrons. The van der Waals surface area contributed by atoms with Crippen LogP contribution in [0.15, 0.2) is 58.3 Å². The van der Waals surface area contributed by atoms with E-state index in [9.17, 15) is 9.90 Å². The summed E-state index contributed by atoms with van der Waals surface area (Å²) in [7, 11) is 0. The van der Waals surface area contributed by atoms with Crippen LogP contribution in [0.1, 0.15) is 13.3 Å². The van der Waals surface area contributed by atoms with E-state index in [-0.39, 0.29) is 5.91 Å². The number of hydrogen-bond donors (Lipinski definition) is 2. The van der Waals surface area contributed by atoms with Crippen LogP contribution in [-0.4, -0.2) is 30.2 Å². The van der Waals surface area contributed by atoms with Crippen molar-refractivity contribution < 1.29 is 9.90 Å². The summed E-state index contributed by atoms with van der Waals surface area (Å²) in [5.74, 6) is -0.0425. The number of benzene rings is 2. The fraction of sp³-hybridized carbons (Fsp3) is 0.278. The zero-order valence-corrected chi connectivity index (χ0v) is 13.8. The summed E-state index contributed by atoms with van der Waals surface area (Å²) < 4.78 is 0. The lowest BCUT2D eigenvalue weighted by Crippen LogP contribution is -2.33. The maximum atomic E-state index is 12.0. The van der Waals surface area contributed by atoms with Gasteiger partial charge in [-0.3, -0.25) is 4.79 Å². The van der Waals surface area contributed by atoms with E-state index in [0.717, 1.165) is 11.4 Å². The third-order valence-electron chi connectivity index (χ3n) is 3.69. The zero-order chi connectivity index (χ0) is 16.2. The highest BCUT2D eigenvalue weighted by Gasteiger charge is 2.23. The van der Waals surface area contributed by atoms with E-state index < -0.39 is 6.10 Å². The predicted octanol–water partition coefficient (Wildman–Crippen LogP) is 3.18. The molecule has 1 amide bonds. The number of rotatable bonds is 5. The Morgan fingerprint density at radius 3 is 2.26 bits per heavy atom. The molecule has 0 bridgehead atoms. The van der Waals surface area contributed by atoms with Crippen LogP contribution in [0.3, 0.4) is 0 Å². The minimum Gasteiger partial charge on any atom is -0.392 e. The van der Waals surface area contributed by atoms with Crippen LogP contribution in [0.4, 0.5) is 11.4 Å². The second kappa shape index (κ2) is 7.06. The molecule has 1 heterocycles. The fourth-order valence-corrected chi connectivity index (χ4v) is 3.68. The Bertz CT molecular complexity index is 657. The van der Waals surface area contributed by atoms with Crippen LogP contribution in [0.25, 0.3) is 0 Å². The Morgan fingerprint density at radius 1 is 1.13 bits per heavy atom. The van der Waals surface area contributed by atoms with Gasteiger partial charge in [0.25, 0.3) is 0 Å². The molecule has 23 heavy (non-hydrogen) atoms. The number of aliphatic hydroxyl groups excluding tert-OH is 1. The number of hydrogen-bond acceptors (Lipinski definition) is 4. The maximum Gasteiger partial charge on any atom is 0.221 e. The highest BCUT2D eigenvalue weighted by molar-refractivity contribution is 7.99. The monoisotopic (exact) mass is 328 g/mol. The van der Waals surface area contributed by atoms with Crippen LogP contribution in [0.5, 0.6) is 0 Å². The molecule has 0 aliphatic carbocycles. The van der Waals surface area contributed by atoms with E-state index in [1.807, 2.05) is 24.3 Å². The van der Waals surface area contributed by atoms with Crippen molar-refractivity contribution in [2.24, 2.45) is 0 Å². The molecule has 0 saturated carbocycles. The topological polar surface area (TPSA) is 52.6 Å². The lowest BCUT2D eigenvalue weighted by molar-refractivity contribution is -0.121. The van der Waals surface area contributed by atoms with Crippen LogP contribution in [-0.2, 0) is 4.79 Å². The van der Waals surface area contributed by atoms with Crippen LogP contribution < -0.4 is 10.2 Å². The van der Waals surface area contributed by atoms with E-state index in [1.165, 1.54) is 9.79 Å². The average molecular weight is 328 g/mol. The van der Waals surface area contributed by atoms with Crippen LogP contribution in [0, 0.1) is 0 Å². The molecule has 2 aromatic carbocycles. The third-order valence-corrected chi connectivity index (χ3v) is 4.82. The van der Waals surface area contributed by atoms with E-state index >= 15 is 0 Å². The quantitative estimate of drug-likeness (QED) is 0.885. The molecule has 4 nitrogen and oxygen atoms in total. The van der Waals surface area contributed by atoms with Crippen LogP contribution in [0.2, 0.25) is 0 Å². The number of fused-ring (bicyclic) bond motifs is 2. The lowest BCUT2D eigenvalue weighted by Gasteiger charge is -2.32. The maximum absolute atomic E-state index is 12.0. The third kappa shape index (κ3) is 3.68. The van der Waals surface area contributed by atoms with Gasteiger partial charge in [-0.2, -0.15) is 0 Å². The van der Waals surface area contributed by atoms with E-state index in [4.69, 9.17) is 0 Å².